The second-order valence-corrected chi connectivity index (χ2v) is 6.86. The highest BCUT2D eigenvalue weighted by Crippen LogP contribution is 2.28. The number of benzene rings is 2. The molecule has 1 amide bonds. The lowest BCUT2D eigenvalue weighted by atomic mass is 10.1. The number of hydrogen-bond donors (Lipinski definition) is 2. The van der Waals surface area contributed by atoms with Crippen molar-refractivity contribution in [3.8, 4) is 23.0 Å². The zero-order valence-corrected chi connectivity index (χ0v) is 19.9. The number of amides is 1. The Morgan fingerprint density at radius 2 is 1.21 bits per heavy atom. The minimum absolute atomic E-state index is 0. The van der Waals surface area contributed by atoms with Gasteiger partial charge in [-0.3, -0.25) is 4.79 Å². The molecule has 0 saturated heterocycles. The summed E-state index contributed by atoms with van der Waals surface area (Å²) in [6, 6.07) is 11.8. The molecule has 0 saturated carbocycles. The summed E-state index contributed by atoms with van der Waals surface area (Å²) in [5.74, 6) is 3.03. The Balaban J connectivity index is 0. The summed E-state index contributed by atoms with van der Waals surface area (Å²) in [6.45, 7) is 2.94. The van der Waals surface area contributed by atoms with Gasteiger partial charge in [-0.1, -0.05) is 19.6 Å². The van der Waals surface area contributed by atoms with Crippen LogP contribution < -0.4 is 30.0 Å². The van der Waals surface area contributed by atoms with E-state index in [1.807, 2.05) is 36.4 Å². The van der Waals surface area contributed by atoms with Crippen molar-refractivity contribution < 1.29 is 23.7 Å². The average Bonchev–Trinajstić information content (AvgIpc) is 2.80. The molecule has 2 aromatic rings. The van der Waals surface area contributed by atoms with Gasteiger partial charge in [-0.15, -0.1) is 0 Å². The Hall–Kier alpha value is -2.87. The molecule has 0 spiro atoms. The maximum Gasteiger partial charge on any atom is 0.216 e. The Morgan fingerprint density at radius 3 is 1.58 bits per heavy atom. The molecule has 183 valence electrons. The lowest BCUT2D eigenvalue weighted by Crippen LogP contribution is -2.21. The molecule has 0 atom stereocenters. The molecule has 2 aromatic carbocycles. The molecule has 0 fully saturated rings. The van der Waals surface area contributed by atoms with Crippen LogP contribution in [0.4, 0.5) is 0 Å². The zero-order chi connectivity index (χ0) is 23.1. The van der Waals surface area contributed by atoms with Crippen molar-refractivity contribution in [2.45, 2.75) is 40.0 Å². The van der Waals surface area contributed by atoms with Crippen molar-refractivity contribution in [3.05, 3.63) is 47.5 Å². The van der Waals surface area contributed by atoms with Crippen LogP contribution >= 0.6 is 0 Å². The third kappa shape index (κ3) is 12.1. The van der Waals surface area contributed by atoms with Crippen LogP contribution in [0.2, 0.25) is 0 Å². The smallest absolute Gasteiger partial charge is 0.216 e. The summed E-state index contributed by atoms with van der Waals surface area (Å²) in [4.78, 5) is 10.7. The molecule has 3 radical (unpaired) electrons. The van der Waals surface area contributed by atoms with E-state index in [4.69, 9.17) is 24.7 Å². The number of nitrogens with one attached hydrogen (secondary N) is 1. The van der Waals surface area contributed by atoms with E-state index in [0.29, 0.717) is 13.1 Å². The third-order valence-corrected chi connectivity index (χ3v) is 4.58. The minimum atomic E-state index is 0. The fourth-order valence-corrected chi connectivity index (χ4v) is 2.94. The van der Waals surface area contributed by atoms with E-state index in [2.05, 4.69) is 5.32 Å². The van der Waals surface area contributed by atoms with Crippen LogP contribution in [0.15, 0.2) is 36.4 Å². The Labute approximate surface area is 201 Å². The van der Waals surface area contributed by atoms with E-state index >= 15 is 0 Å². The van der Waals surface area contributed by atoms with Gasteiger partial charge in [-0.25, -0.2) is 0 Å². The number of hydrogen-bond acceptors (Lipinski definition) is 6. The standard InChI is InChI=1S/C13H19NO3.C11H17NO2.CH4.B/c1-10(15)14-8-4-5-11-6-7-12(16-2)13(9-11)17-3;1-13-10-6-5-9(4-3-7-12)8-11(10)14-2;;/h6-7,9H,4-5,8H2,1-3H3,(H,14,15);5-6,8H,3-4,7,12H2,1-2H3;1H4;. The van der Waals surface area contributed by atoms with E-state index in [-0.39, 0.29) is 21.7 Å². The number of carbonyl (C=O) groups excluding carboxylic acids is 1. The summed E-state index contributed by atoms with van der Waals surface area (Å²) in [7, 11) is 6.52. The molecule has 0 aliphatic rings. The van der Waals surface area contributed by atoms with Gasteiger partial charge in [0.05, 0.1) is 28.4 Å². The average molecular weight is 459 g/mol. The first-order chi connectivity index (χ1) is 15.0. The van der Waals surface area contributed by atoms with Crippen LogP contribution in [-0.2, 0) is 17.6 Å². The lowest BCUT2D eigenvalue weighted by molar-refractivity contribution is -0.118. The topological polar surface area (TPSA) is 92.0 Å². The van der Waals surface area contributed by atoms with Gasteiger partial charge < -0.3 is 30.0 Å². The second-order valence-electron chi connectivity index (χ2n) is 6.86. The van der Waals surface area contributed by atoms with Gasteiger partial charge in [0.2, 0.25) is 5.91 Å². The van der Waals surface area contributed by atoms with Crippen molar-refractivity contribution in [3.63, 3.8) is 0 Å². The van der Waals surface area contributed by atoms with Gasteiger partial charge in [0.15, 0.2) is 23.0 Å². The quantitative estimate of drug-likeness (QED) is 0.394. The first-order valence-corrected chi connectivity index (χ1v) is 10.3. The van der Waals surface area contributed by atoms with Crippen LogP contribution in [0.1, 0.15) is 38.3 Å². The Morgan fingerprint density at radius 1 is 0.788 bits per heavy atom. The van der Waals surface area contributed by atoms with E-state index in [9.17, 15) is 4.79 Å². The summed E-state index contributed by atoms with van der Waals surface area (Å²) < 4.78 is 20.7. The van der Waals surface area contributed by atoms with Gasteiger partial charge >= 0.3 is 0 Å². The van der Waals surface area contributed by atoms with Gasteiger partial charge in [0.1, 0.15) is 0 Å². The van der Waals surface area contributed by atoms with Gasteiger partial charge in [-0.05, 0) is 67.6 Å². The van der Waals surface area contributed by atoms with Crippen LogP contribution in [-0.4, -0.2) is 55.8 Å². The predicted molar refractivity (Wildman–Crippen MR) is 136 cm³/mol. The molecule has 3 N–H and O–H groups in total. The number of methoxy groups -OCH3 is 4. The zero-order valence-electron chi connectivity index (χ0n) is 19.9. The largest absolute Gasteiger partial charge is 0.493 e. The summed E-state index contributed by atoms with van der Waals surface area (Å²) >= 11 is 0. The molecule has 0 heterocycles. The Kier molecular flexibility index (Phi) is 18.3. The minimum Gasteiger partial charge on any atom is -0.493 e. The summed E-state index contributed by atoms with van der Waals surface area (Å²) in [5.41, 5.74) is 7.85. The molecule has 0 bridgehead atoms. The first-order valence-electron chi connectivity index (χ1n) is 10.3. The van der Waals surface area contributed by atoms with Crippen LogP contribution in [0.5, 0.6) is 23.0 Å². The maximum absolute atomic E-state index is 10.7. The van der Waals surface area contributed by atoms with Crippen molar-refractivity contribution in [1.82, 2.24) is 5.32 Å². The fourth-order valence-electron chi connectivity index (χ4n) is 2.94. The normalized spacial score (nSPS) is 9.27. The van der Waals surface area contributed by atoms with Crippen molar-refractivity contribution in [2.75, 3.05) is 41.5 Å². The first kappa shape index (κ1) is 32.3. The number of nitrogens with two attached hydrogens (primary N) is 1. The Bertz CT molecular complexity index is 802. The van der Waals surface area contributed by atoms with Crippen LogP contribution in [0.3, 0.4) is 0 Å². The fraction of sp³-hybridized carbons (Fsp3) is 0.480. The molecule has 8 heteroatoms. The molecule has 2 rings (SSSR count). The summed E-state index contributed by atoms with van der Waals surface area (Å²) in [5, 5.41) is 2.77. The predicted octanol–water partition coefficient (Wildman–Crippen LogP) is 3.62. The maximum atomic E-state index is 10.7. The van der Waals surface area contributed by atoms with E-state index < -0.39 is 0 Å². The number of rotatable bonds is 11. The SMILES string of the molecule is C.COc1ccc(CCCN)cc1OC.COc1ccc(CCCNC(C)=O)cc1OC.[B]. The van der Waals surface area contributed by atoms with Crippen LogP contribution in [0.25, 0.3) is 0 Å². The lowest BCUT2D eigenvalue weighted by Gasteiger charge is -2.09. The van der Waals surface area contributed by atoms with Crippen LogP contribution in [0, 0.1) is 0 Å². The molecule has 0 aliphatic carbocycles. The summed E-state index contributed by atoms with van der Waals surface area (Å²) in [6.07, 6.45) is 3.79. The van der Waals surface area contributed by atoms with Gasteiger partial charge in [0.25, 0.3) is 0 Å². The van der Waals surface area contributed by atoms with E-state index in [1.165, 1.54) is 18.1 Å². The molecule has 7 nitrogen and oxygen atoms in total. The van der Waals surface area contributed by atoms with Gasteiger partial charge in [-0.2, -0.15) is 0 Å². The van der Waals surface area contributed by atoms with Gasteiger partial charge in [0, 0.05) is 21.9 Å². The van der Waals surface area contributed by atoms with Crippen molar-refractivity contribution >= 4 is 14.3 Å². The van der Waals surface area contributed by atoms with Crippen molar-refractivity contribution in [2.24, 2.45) is 5.73 Å². The van der Waals surface area contributed by atoms with Crippen molar-refractivity contribution in [1.29, 1.82) is 0 Å². The highest BCUT2D eigenvalue weighted by Gasteiger charge is 2.05. The monoisotopic (exact) mass is 459 g/mol. The molecule has 33 heavy (non-hydrogen) atoms. The molecule has 0 aromatic heterocycles. The molecular formula is C25H40BN2O5. The molecule has 0 unspecified atom stereocenters. The second kappa shape index (κ2) is 18.7. The highest BCUT2D eigenvalue weighted by molar-refractivity contribution is 5.75. The third-order valence-electron chi connectivity index (χ3n) is 4.58. The highest BCUT2D eigenvalue weighted by atomic mass is 16.5. The number of carbonyl (C=O) groups is 1. The molecule has 0 aliphatic heterocycles. The number of aryl methyl sites for hydroxylation is 2. The molecular weight excluding hydrogens is 419 g/mol. The van der Waals surface area contributed by atoms with E-state index in [1.54, 1.807) is 28.4 Å². The number of ether oxygens (including phenoxy) is 4. The van der Waals surface area contributed by atoms with E-state index in [0.717, 1.165) is 48.7 Å².